The molecule has 3 heterocycles. The molecule has 2 aliphatic rings. The normalized spacial score (nSPS) is 23.8. The minimum Gasteiger partial charge on any atom is -0.336 e. The van der Waals surface area contributed by atoms with Crippen LogP contribution in [0.3, 0.4) is 0 Å². The van der Waals surface area contributed by atoms with Crippen molar-refractivity contribution in [2.45, 2.75) is 11.4 Å². The Morgan fingerprint density at radius 2 is 1.77 bits per heavy atom. The van der Waals surface area contributed by atoms with Crippen LogP contribution < -0.4 is 5.56 Å². The van der Waals surface area contributed by atoms with Gasteiger partial charge in [0.2, 0.25) is 0 Å². The molecule has 1 spiro atoms. The maximum absolute atomic E-state index is 13.4. The second-order valence-corrected chi connectivity index (χ2v) is 8.63. The number of benzene rings is 3. The summed E-state index contributed by atoms with van der Waals surface area (Å²) in [6, 6.07) is 22.8. The van der Waals surface area contributed by atoms with Gasteiger partial charge >= 0.3 is 0 Å². The molecular weight excluding hydrogens is 456 g/mol. The van der Waals surface area contributed by atoms with Crippen LogP contribution in [0.15, 0.2) is 94.7 Å². The Morgan fingerprint density at radius 3 is 2.58 bits per heavy atom. The van der Waals surface area contributed by atoms with Crippen LogP contribution in [0.4, 0.5) is 0 Å². The number of para-hydroxylation sites is 2. The van der Waals surface area contributed by atoms with Crippen LogP contribution in [0.1, 0.15) is 17.0 Å². The van der Waals surface area contributed by atoms with E-state index >= 15 is 0 Å². The zero-order valence-electron chi connectivity index (χ0n) is 16.4. The molecule has 0 bridgehead atoms. The molecule has 6 rings (SSSR count). The molecule has 3 aromatic carbocycles. The van der Waals surface area contributed by atoms with Gasteiger partial charge in [0.15, 0.2) is 5.82 Å². The van der Waals surface area contributed by atoms with Crippen molar-refractivity contribution < 1.29 is 9.47 Å². The average Bonchev–Trinajstić information content (AvgIpc) is 3.33. The van der Waals surface area contributed by atoms with E-state index in [1.165, 1.54) is 0 Å². The van der Waals surface area contributed by atoms with E-state index in [4.69, 9.17) is 14.5 Å². The largest absolute Gasteiger partial charge is 0.336 e. The fourth-order valence-corrected chi connectivity index (χ4v) is 4.77. The summed E-state index contributed by atoms with van der Waals surface area (Å²) < 4.78 is 15.8. The van der Waals surface area contributed by atoms with E-state index in [1.807, 2.05) is 66.7 Å². The molecule has 6 heteroatoms. The number of fused-ring (bicyclic) bond motifs is 6. The van der Waals surface area contributed by atoms with Gasteiger partial charge in [-0.25, -0.2) is 4.98 Å². The highest BCUT2D eigenvalue weighted by atomic mass is 79.9. The summed E-state index contributed by atoms with van der Waals surface area (Å²) in [4.78, 5) is 18.3. The first-order chi connectivity index (χ1) is 15.1. The number of nitrogens with zero attached hydrogens (tertiary/aromatic N) is 2. The zero-order valence-corrected chi connectivity index (χ0v) is 18.0. The van der Waals surface area contributed by atoms with Gasteiger partial charge in [-0.15, -0.1) is 0 Å². The fourth-order valence-electron chi connectivity index (χ4n) is 4.50. The molecule has 4 aromatic rings. The highest BCUT2D eigenvalue weighted by Crippen LogP contribution is 2.52. The van der Waals surface area contributed by atoms with Gasteiger partial charge in [0.25, 0.3) is 11.3 Å². The number of halogens is 1. The molecule has 0 amide bonds. The predicted molar refractivity (Wildman–Crippen MR) is 121 cm³/mol. The molecule has 2 unspecified atom stereocenters. The fraction of sp³-hybridized carbons (Fsp3) is 0.120. The molecule has 1 aromatic heterocycles. The topological polar surface area (TPSA) is 53.4 Å². The molecule has 5 nitrogen and oxygen atoms in total. The lowest BCUT2D eigenvalue weighted by Crippen LogP contribution is -2.34. The van der Waals surface area contributed by atoms with Crippen molar-refractivity contribution in [2.24, 2.45) is 0 Å². The van der Waals surface area contributed by atoms with Crippen LogP contribution in [0, 0.1) is 0 Å². The summed E-state index contributed by atoms with van der Waals surface area (Å²) >= 11 is 3.48. The standard InChI is InChI=1S/C25H17BrN2O3/c1-2-24(16-11-13-17(26)14-12-16)15-30-25(31-24)19-8-4-6-10-21(19)28-22(29)18-7-3-5-9-20(18)27-23(25)28/h2-14H,1,15H2. The van der Waals surface area contributed by atoms with E-state index < -0.39 is 11.4 Å². The van der Waals surface area contributed by atoms with Gasteiger partial charge in [-0.2, -0.15) is 0 Å². The van der Waals surface area contributed by atoms with Crippen molar-refractivity contribution in [3.05, 3.63) is 117 Å². The number of hydrogen-bond acceptors (Lipinski definition) is 4. The average molecular weight is 473 g/mol. The third kappa shape index (κ3) is 2.44. The van der Waals surface area contributed by atoms with E-state index in [2.05, 4.69) is 22.5 Å². The van der Waals surface area contributed by atoms with Crippen LogP contribution in [0.2, 0.25) is 0 Å². The van der Waals surface area contributed by atoms with Crippen molar-refractivity contribution in [3.63, 3.8) is 0 Å². The predicted octanol–water partition coefficient (Wildman–Crippen LogP) is 4.79. The van der Waals surface area contributed by atoms with Crippen LogP contribution in [-0.4, -0.2) is 16.2 Å². The Hall–Kier alpha value is -3.06. The van der Waals surface area contributed by atoms with Crippen LogP contribution in [-0.2, 0) is 20.9 Å². The highest BCUT2D eigenvalue weighted by Gasteiger charge is 2.58. The van der Waals surface area contributed by atoms with Crippen molar-refractivity contribution in [3.8, 4) is 5.69 Å². The highest BCUT2D eigenvalue weighted by molar-refractivity contribution is 9.10. The summed E-state index contributed by atoms with van der Waals surface area (Å²) in [5, 5.41) is 0.555. The Labute approximate surface area is 186 Å². The smallest absolute Gasteiger partial charge is 0.266 e. The summed E-state index contributed by atoms with van der Waals surface area (Å²) in [7, 11) is 0. The molecule has 2 atom stereocenters. The third-order valence-electron chi connectivity index (χ3n) is 6.05. The summed E-state index contributed by atoms with van der Waals surface area (Å²) in [5.74, 6) is -0.876. The summed E-state index contributed by atoms with van der Waals surface area (Å²) in [6.07, 6.45) is 1.76. The maximum Gasteiger partial charge on any atom is 0.266 e. The van der Waals surface area contributed by atoms with E-state index in [9.17, 15) is 4.79 Å². The van der Waals surface area contributed by atoms with Crippen molar-refractivity contribution in [1.82, 2.24) is 9.55 Å². The lowest BCUT2D eigenvalue weighted by Gasteiger charge is -2.28. The molecule has 0 aliphatic carbocycles. The molecule has 0 saturated carbocycles. The first-order valence-electron chi connectivity index (χ1n) is 9.94. The Kier molecular flexibility index (Phi) is 3.90. The number of aromatic nitrogens is 2. The number of rotatable bonds is 2. The minimum atomic E-state index is -1.30. The van der Waals surface area contributed by atoms with Gasteiger partial charge < -0.3 is 9.47 Å². The van der Waals surface area contributed by atoms with Gasteiger partial charge in [-0.1, -0.05) is 71.0 Å². The quantitative estimate of drug-likeness (QED) is 0.393. The second-order valence-electron chi connectivity index (χ2n) is 7.72. The molecule has 152 valence electrons. The number of ether oxygens (including phenoxy) is 2. The van der Waals surface area contributed by atoms with Crippen molar-refractivity contribution in [1.29, 1.82) is 0 Å². The molecule has 0 N–H and O–H groups in total. The third-order valence-corrected chi connectivity index (χ3v) is 6.58. The minimum absolute atomic E-state index is 0.142. The first-order valence-corrected chi connectivity index (χ1v) is 10.7. The van der Waals surface area contributed by atoms with Crippen LogP contribution in [0.25, 0.3) is 16.6 Å². The lowest BCUT2D eigenvalue weighted by molar-refractivity contribution is -0.159. The van der Waals surface area contributed by atoms with Gasteiger partial charge in [0.05, 0.1) is 23.2 Å². The van der Waals surface area contributed by atoms with E-state index in [0.29, 0.717) is 16.7 Å². The van der Waals surface area contributed by atoms with E-state index in [1.54, 1.807) is 16.7 Å². The van der Waals surface area contributed by atoms with E-state index in [0.717, 1.165) is 21.3 Å². The molecule has 1 fully saturated rings. The van der Waals surface area contributed by atoms with Gasteiger partial charge in [-0.05, 0) is 35.9 Å². The Bertz CT molecular complexity index is 1430. The monoisotopic (exact) mass is 472 g/mol. The van der Waals surface area contributed by atoms with Gasteiger partial charge in [-0.3, -0.25) is 9.36 Å². The van der Waals surface area contributed by atoms with Crippen LogP contribution >= 0.6 is 15.9 Å². The molecule has 1 saturated heterocycles. The molecular formula is C25H17BrN2O3. The van der Waals surface area contributed by atoms with Crippen molar-refractivity contribution >= 4 is 26.8 Å². The zero-order chi connectivity index (χ0) is 21.2. The number of hydrogen-bond donors (Lipinski definition) is 0. The lowest BCUT2D eigenvalue weighted by atomic mass is 9.95. The van der Waals surface area contributed by atoms with Crippen molar-refractivity contribution in [2.75, 3.05) is 6.61 Å². The second kappa shape index (κ2) is 6.47. The molecule has 0 radical (unpaired) electrons. The molecule has 2 aliphatic heterocycles. The summed E-state index contributed by atoms with van der Waals surface area (Å²) in [6.45, 7) is 4.29. The van der Waals surface area contributed by atoms with Crippen LogP contribution in [0.5, 0.6) is 0 Å². The maximum atomic E-state index is 13.4. The van der Waals surface area contributed by atoms with Gasteiger partial charge in [0, 0.05) is 10.0 Å². The summed E-state index contributed by atoms with van der Waals surface area (Å²) in [5.41, 5.74) is 1.98. The Morgan fingerprint density at radius 1 is 1.03 bits per heavy atom. The Balaban J connectivity index is 1.63. The molecule has 31 heavy (non-hydrogen) atoms. The first kappa shape index (κ1) is 18.7. The van der Waals surface area contributed by atoms with Gasteiger partial charge in [0.1, 0.15) is 5.60 Å². The SMILES string of the molecule is C=CC1(c2ccc(Br)cc2)COC2(O1)c1ccccc1-n1c2nc2ccccc2c1=O. The van der Waals surface area contributed by atoms with E-state index in [-0.39, 0.29) is 12.2 Å².